The molecule has 0 spiro atoms. The van der Waals surface area contributed by atoms with Gasteiger partial charge in [-0.1, -0.05) is 37.9 Å². The third-order valence-electron chi connectivity index (χ3n) is 3.02. The molecule has 19 heavy (non-hydrogen) atoms. The van der Waals surface area contributed by atoms with Crippen molar-refractivity contribution < 1.29 is 0 Å². The number of aryl methyl sites for hydroxylation is 1. The zero-order valence-electron chi connectivity index (χ0n) is 11.3. The van der Waals surface area contributed by atoms with Crippen LogP contribution in [-0.2, 0) is 6.42 Å². The molecule has 0 fully saturated rings. The van der Waals surface area contributed by atoms with E-state index >= 15 is 0 Å². The van der Waals surface area contributed by atoms with Gasteiger partial charge >= 0.3 is 0 Å². The van der Waals surface area contributed by atoms with Crippen LogP contribution in [0.4, 0.5) is 5.82 Å². The first-order valence-electron chi connectivity index (χ1n) is 6.68. The van der Waals surface area contributed by atoms with Crippen LogP contribution >= 0.6 is 27.5 Å². The van der Waals surface area contributed by atoms with E-state index in [2.05, 4.69) is 41.2 Å². The molecule has 0 atom stereocenters. The summed E-state index contributed by atoms with van der Waals surface area (Å²) in [7, 11) is 0. The third-order valence-corrected chi connectivity index (χ3v) is 4.37. The lowest BCUT2D eigenvalue weighted by Gasteiger charge is -2.13. The summed E-state index contributed by atoms with van der Waals surface area (Å²) in [5, 5.41) is 5.24. The molecule has 0 bridgehead atoms. The summed E-state index contributed by atoms with van der Waals surface area (Å²) in [5.41, 5.74) is 2.20. The predicted octanol–water partition coefficient (Wildman–Crippen LogP) is 5.43. The van der Waals surface area contributed by atoms with Gasteiger partial charge in [0.05, 0.1) is 15.0 Å². The molecule has 4 heteroatoms. The first kappa shape index (κ1) is 14.6. The molecule has 1 heterocycles. The Morgan fingerprint density at radius 1 is 1.26 bits per heavy atom. The minimum absolute atomic E-state index is 0.699. The Hall–Kier alpha value is -0.800. The smallest absolute Gasteiger partial charge is 0.129 e. The number of pyridine rings is 1. The van der Waals surface area contributed by atoms with E-state index in [4.69, 9.17) is 16.6 Å². The second-order valence-electron chi connectivity index (χ2n) is 4.61. The highest BCUT2D eigenvalue weighted by Gasteiger charge is 2.10. The van der Waals surface area contributed by atoms with Crippen molar-refractivity contribution in [2.24, 2.45) is 0 Å². The Bertz CT molecular complexity index is 584. The molecule has 2 nitrogen and oxygen atoms in total. The molecule has 1 aromatic heterocycles. The highest BCUT2D eigenvalue weighted by molar-refractivity contribution is 9.10. The van der Waals surface area contributed by atoms with E-state index in [9.17, 15) is 0 Å². The topological polar surface area (TPSA) is 24.9 Å². The molecule has 0 aliphatic carbocycles. The first-order chi connectivity index (χ1) is 9.17. The number of aromatic nitrogens is 1. The van der Waals surface area contributed by atoms with Crippen LogP contribution in [0.1, 0.15) is 32.3 Å². The van der Waals surface area contributed by atoms with Gasteiger partial charge in [-0.3, -0.25) is 0 Å². The van der Waals surface area contributed by atoms with Gasteiger partial charge in [-0.25, -0.2) is 4.98 Å². The van der Waals surface area contributed by atoms with Crippen molar-refractivity contribution in [2.75, 3.05) is 11.9 Å². The normalized spacial score (nSPS) is 10.9. The van der Waals surface area contributed by atoms with Crippen LogP contribution in [0, 0.1) is 0 Å². The summed E-state index contributed by atoms with van der Waals surface area (Å²) in [6, 6.07) is 6.15. The van der Waals surface area contributed by atoms with Gasteiger partial charge in [-0.15, -0.1) is 0 Å². The number of fused-ring (bicyclic) bond motifs is 1. The quantitative estimate of drug-likeness (QED) is 0.785. The summed E-state index contributed by atoms with van der Waals surface area (Å²) in [6.45, 7) is 5.28. The lowest BCUT2D eigenvalue weighted by atomic mass is 10.1. The Labute approximate surface area is 127 Å². The van der Waals surface area contributed by atoms with Crippen LogP contribution < -0.4 is 5.32 Å². The third kappa shape index (κ3) is 3.21. The maximum Gasteiger partial charge on any atom is 0.129 e. The number of nitrogens with zero attached hydrogens (tertiary/aromatic N) is 1. The first-order valence-corrected chi connectivity index (χ1v) is 7.86. The number of rotatable bonds is 5. The van der Waals surface area contributed by atoms with E-state index in [1.807, 2.05) is 12.1 Å². The van der Waals surface area contributed by atoms with E-state index in [-0.39, 0.29) is 0 Å². The van der Waals surface area contributed by atoms with Gasteiger partial charge < -0.3 is 5.32 Å². The number of benzene rings is 1. The van der Waals surface area contributed by atoms with E-state index in [0.717, 1.165) is 47.0 Å². The van der Waals surface area contributed by atoms with Crippen molar-refractivity contribution in [1.82, 2.24) is 4.98 Å². The highest BCUT2D eigenvalue weighted by Crippen LogP contribution is 2.32. The molecule has 0 amide bonds. The van der Waals surface area contributed by atoms with Crippen molar-refractivity contribution in [1.29, 1.82) is 0 Å². The number of hydrogen-bond acceptors (Lipinski definition) is 2. The minimum atomic E-state index is 0.699. The molecule has 2 rings (SSSR count). The van der Waals surface area contributed by atoms with E-state index < -0.39 is 0 Å². The summed E-state index contributed by atoms with van der Waals surface area (Å²) in [4.78, 5) is 4.75. The summed E-state index contributed by atoms with van der Waals surface area (Å²) in [5.74, 6) is 0.985. The minimum Gasteiger partial charge on any atom is -0.370 e. The van der Waals surface area contributed by atoms with E-state index in [0.29, 0.717) is 5.02 Å². The Balaban J connectivity index is 2.55. The molecule has 1 N–H and O–H groups in total. The van der Waals surface area contributed by atoms with Crippen LogP contribution in [0.5, 0.6) is 0 Å². The summed E-state index contributed by atoms with van der Waals surface area (Å²) >= 11 is 9.66. The number of nitrogens with one attached hydrogen (secondary N) is 1. The van der Waals surface area contributed by atoms with Crippen LogP contribution in [0.3, 0.4) is 0 Å². The van der Waals surface area contributed by atoms with Crippen molar-refractivity contribution in [2.45, 2.75) is 33.1 Å². The largest absolute Gasteiger partial charge is 0.370 e. The molecule has 0 saturated heterocycles. The lowest BCUT2D eigenvalue weighted by Crippen LogP contribution is -2.06. The van der Waals surface area contributed by atoms with Crippen LogP contribution in [-0.4, -0.2) is 11.5 Å². The highest BCUT2D eigenvalue weighted by atomic mass is 79.9. The summed E-state index contributed by atoms with van der Waals surface area (Å²) in [6.07, 6.45) is 3.24. The lowest BCUT2D eigenvalue weighted by molar-refractivity contribution is 0.906. The average Bonchev–Trinajstić information content (AvgIpc) is 2.41. The maximum atomic E-state index is 6.14. The number of halogens is 2. The fourth-order valence-corrected chi connectivity index (χ4v) is 2.68. The fourth-order valence-electron chi connectivity index (χ4n) is 2.08. The molecule has 0 aliphatic heterocycles. The van der Waals surface area contributed by atoms with Crippen LogP contribution in [0.2, 0.25) is 5.02 Å². The Morgan fingerprint density at radius 3 is 2.74 bits per heavy atom. The van der Waals surface area contributed by atoms with Crippen molar-refractivity contribution in [3.05, 3.63) is 33.3 Å². The molecule has 0 saturated carbocycles. The molecular weight excluding hydrogens is 324 g/mol. The van der Waals surface area contributed by atoms with Crippen LogP contribution in [0.15, 0.2) is 22.7 Å². The van der Waals surface area contributed by atoms with E-state index in [1.54, 1.807) is 0 Å². The second kappa shape index (κ2) is 6.58. The average molecular weight is 342 g/mol. The molecule has 2 aromatic rings. The number of hydrogen-bond donors (Lipinski definition) is 1. The van der Waals surface area contributed by atoms with Crippen molar-refractivity contribution in [3.8, 4) is 0 Å². The molecule has 0 aliphatic rings. The molecule has 1 aromatic carbocycles. The van der Waals surface area contributed by atoms with Gasteiger partial charge in [0.15, 0.2) is 0 Å². The van der Waals surface area contributed by atoms with Crippen LogP contribution in [0.25, 0.3) is 10.9 Å². The zero-order chi connectivity index (χ0) is 13.8. The molecule has 102 valence electrons. The fraction of sp³-hybridized carbons (Fsp3) is 0.400. The van der Waals surface area contributed by atoms with Crippen molar-refractivity contribution >= 4 is 44.3 Å². The number of anilines is 1. The maximum absolute atomic E-state index is 6.14. The Kier molecular flexibility index (Phi) is 5.06. The Morgan fingerprint density at radius 2 is 2.05 bits per heavy atom. The summed E-state index contributed by atoms with van der Waals surface area (Å²) < 4.78 is 0.870. The zero-order valence-corrected chi connectivity index (χ0v) is 13.6. The predicted molar refractivity (Wildman–Crippen MR) is 87.2 cm³/mol. The monoisotopic (exact) mass is 340 g/mol. The van der Waals surface area contributed by atoms with Crippen molar-refractivity contribution in [3.63, 3.8) is 0 Å². The SMILES string of the molecule is CCCNc1nc2c(Br)c(Cl)ccc2cc1CCC. The van der Waals surface area contributed by atoms with Gasteiger partial charge in [-0.05, 0) is 46.5 Å². The van der Waals surface area contributed by atoms with Gasteiger partial charge in [0.25, 0.3) is 0 Å². The standard InChI is InChI=1S/C15H18BrClN2/c1-3-5-11-9-10-6-7-12(17)13(16)14(10)19-15(11)18-8-4-2/h6-7,9H,3-5,8H2,1-2H3,(H,18,19). The van der Waals surface area contributed by atoms with Gasteiger partial charge in [-0.2, -0.15) is 0 Å². The van der Waals surface area contributed by atoms with Gasteiger partial charge in [0, 0.05) is 11.9 Å². The molecule has 0 unspecified atom stereocenters. The van der Waals surface area contributed by atoms with E-state index in [1.165, 1.54) is 5.56 Å². The van der Waals surface area contributed by atoms with Gasteiger partial charge in [0.1, 0.15) is 5.82 Å². The molecular formula is C15H18BrClN2. The van der Waals surface area contributed by atoms with Gasteiger partial charge in [0.2, 0.25) is 0 Å². The second-order valence-corrected chi connectivity index (χ2v) is 5.81. The molecule has 0 radical (unpaired) electrons.